The lowest BCUT2D eigenvalue weighted by molar-refractivity contribution is -0.138. The largest absolute Gasteiger partial charge is 0.408 e. The summed E-state index contributed by atoms with van der Waals surface area (Å²) in [5.74, 6) is 0.204. The maximum Gasteiger partial charge on any atom is 0.408 e. The molecule has 0 saturated carbocycles. The predicted molar refractivity (Wildman–Crippen MR) is 75.8 cm³/mol. The van der Waals surface area contributed by atoms with Gasteiger partial charge in [-0.1, -0.05) is 25.4 Å². The third-order valence-electron chi connectivity index (χ3n) is 3.47. The van der Waals surface area contributed by atoms with E-state index in [1.54, 1.807) is 6.07 Å². The highest BCUT2D eigenvalue weighted by molar-refractivity contribution is 6.30. The maximum atomic E-state index is 12.8. The van der Waals surface area contributed by atoms with Gasteiger partial charge in [0.25, 0.3) is 0 Å². The summed E-state index contributed by atoms with van der Waals surface area (Å²) in [6, 6.07) is -0.124. The Hall–Kier alpha value is -1.50. The van der Waals surface area contributed by atoms with Crippen molar-refractivity contribution in [2.45, 2.75) is 45.3 Å². The normalized spacial score (nSPS) is 15.2. The van der Waals surface area contributed by atoms with Crippen molar-refractivity contribution in [3.05, 3.63) is 23.0 Å². The number of hydrogen-bond donors (Lipinski definition) is 1. The van der Waals surface area contributed by atoms with Gasteiger partial charge in [0.15, 0.2) is 5.65 Å². The second kappa shape index (κ2) is 5.71. The molecule has 0 aliphatic rings. The number of halogens is 4. The second-order valence-corrected chi connectivity index (χ2v) is 5.34. The third kappa shape index (κ3) is 3.07. The molecular formula is C13H16ClF3N4. The molecule has 0 bridgehead atoms. The fourth-order valence-electron chi connectivity index (χ4n) is 1.99. The lowest BCUT2D eigenvalue weighted by Gasteiger charge is -2.23. The zero-order valence-electron chi connectivity index (χ0n) is 11.9. The number of aromatic nitrogens is 3. The van der Waals surface area contributed by atoms with Gasteiger partial charge in [-0.2, -0.15) is 22.8 Å². The van der Waals surface area contributed by atoms with Crippen molar-refractivity contribution in [3.8, 4) is 0 Å². The summed E-state index contributed by atoms with van der Waals surface area (Å²) in [5.41, 5.74) is 0.954. The summed E-state index contributed by atoms with van der Waals surface area (Å²) in [5, 5.41) is 6.73. The van der Waals surface area contributed by atoms with Gasteiger partial charge in [-0.05, 0) is 19.3 Å². The first kappa shape index (κ1) is 15.9. The highest BCUT2D eigenvalue weighted by Crippen LogP contribution is 2.34. The lowest BCUT2D eigenvalue weighted by Crippen LogP contribution is -2.34. The van der Waals surface area contributed by atoms with Gasteiger partial charge >= 0.3 is 6.18 Å². The van der Waals surface area contributed by atoms with Crippen molar-refractivity contribution >= 4 is 23.1 Å². The van der Waals surface area contributed by atoms with Crippen LogP contribution in [0.2, 0.25) is 5.15 Å². The smallest absolute Gasteiger partial charge is 0.358 e. The first-order valence-electron chi connectivity index (χ1n) is 6.62. The van der Waals surface area contributed by atoms with Crippen LogP contribution < -0.4 is 5.32 Å². The van der Waals surface area contributed by atoms with E-state index in [1.807, 2.05) is 13.8 Å². The fourth-order valence-corrected chi connectivity index (χ4v) is 2.35. The average Bonchev–Trinajstić information content (AvgIpc) is 2.84. The average molecular weight is 321 g/mol. The Bertz CT molecular complexity index is 638. The number of hydrogen-bond acceptors (Lipinski definition) is 3. The molecule has 0 saturated heterocycles. The first-order valence-corrected chi connectivity index (χ1v) is 6.99. The Morgan fingerprint density at radius 2 is 2.05 bits per heavy atom. The maximum absolute atomic E-state index is 12.8. The van der Waals surface area contributed by atoms with E-state index in [4.69, 9.17) is 11.6 Å². The fraction of sp³-hybridized carbons (Fsp3) is 0.538. The Balaban J connectivity index is 2.59. The van der Waals surface area contributed by atoms with Crippen molar-refractivity contribution in [1.82, 2.24) is 14.6 Å². The zero-order valence-corrected chi connectivity index (χ0v) is 12.6. The Kier molecular flexibility index (Phi) is 4.32. The SMILES string of the molecule is CCC(C)c1c(Cl)nc2ccnn2c1NC(C)C(F)(F)F. The first-order chi connectivity index (χ1) is 9.75. The standard InChI is InChI=1S/C13H16ClF3N4/c1-4-7(2)10-11(14)20-9-5-6-18-21(9)12(10)19-8(3)13(15,16)17/h5-8,19H,4H2,1-3H3. The van der Waals surface area contributed by atoms with Crippen molar-refractivity contribution in [1.29, 1.82) is 0 Å². The van der Waals surface area contributed by atoms with Crippen LogP contribution in [0.1, 0.15) is 38.7 Å². The summed E-state index contributed by atoms with van der Waals surface area (Å²) < 4.78 is 39.9. The molecule has 116 valence electrons. The van der Waals surface area contributed by atoms with Crippen LogP contribution in [0.5, 0.6) is 0 Å². The van der Waals surface area contributed by atoms with E-state index >= 15 is 0 Å². The Morgan fingerprint density at radius 3 is 2.62 bits per heavy atom. The minimum absolute atomic E-state index is 0.0402. The molecule has 0 spiro atoms. The minimum Gasteiger partial charge on any atom is -0.358 e. The van der Waals surface area contributed by atoms with E-state index in [0.29, 0.717) is 11.2 Å². The molecule has 0 aliphatic carbocycles. The molecule has 0 amide bonds. The van der Waals surface area contributed by atoms with Gasteiger partial charge in [0.2, 0.25) is 0 Å². The molecule has 0 fully saturated rings. The van der Waals surface area contributed by atoms with E-state index in [0.717, 1.165) is 13.3 Å². The molecule has 0 aromatic carbocycles. The van der Waals surface area contributed by atoms with Gasteiger partial charge in [-0.15, -0.1) is 0 Å². The molecule has 0 radical (unpaired) electrons. The molecule has 4 nitrogen and oxygen atoms in total. The van der Waals surface area contributed by atoms with Crippen molar-refractivity contribution in [2.75, 3.05) is 5.32 Å². The van der Waals surface area contributed by atoms with Gasteiger partial charge in [-0.25, -0.2) is 4.98 Å². The van der Waals surface area contributed by atoms with Crippen LogP contribution in [0.25, 0.3) is 5.65 Å². The monoisotopic (exact) mass is 320 g/mol. The minimum atomic E-state index is -4.36. The molecule has 2 aromatic rings. The number of nitrogens with one attached hydrogen (secondary N) is 1. The molecule has 1 N–H and O–H groups in total. The van der Waals surface area contributed by atoms with E-state index in [9.17, 15) is 13.2 Å². The predicted octanol–water partition coefficient (Wildman–Crippen LogP) is 4.26. The Morgan fingerprint density at radius 1 is 1.38 bits per heavy atom. The number of fused-ring (bicyclic) bond motifs is 1. The van der Waals surface area contributed by atoms with Gasteiger partial charge in [-0.3, -0.25) is 0 Å². The molecule has 2 rings (SSSR count). The zero-order chi connectivity index (χ0) is 15.8. The number of rotatable bonds is 4. The number of alkyl halides is 3. The van der Waals surface area contributed by atoms with E-state index < -0.39 is 12.2 Å². The molecular weight excluding hydrogens is 305 g/mol. The second-order valence-electron chi connectivity index (χ2n) is 4.98. The highest BCUT2D eigenvalue weighted by Gasteiger charge is 2.37. The highest BCUT2D eigenvalue weighted by atomic mass is 35.5. The van der Waals surface area contributed by atoms with Gasteiger partial charge in [0, 0.05) is 11.6 Å². The molecule has 21 heavy (non-hydrogen) atoms. The van der Waals surface area contributed by atoms with Gasteiger partial charge < -0.3 is 5.32 Å². The lowest BCUT2D eigenvalue weighted by atomic mass is 10.0. The van der Waals surface area contributed by atoms with Crippen LogP contribution in [0.15, 0.2) is 12.3 Å². The number of anilines is 1. The quantitative estimate of drug-likeness (QED) is 0.856. The molecule has 2 aromatic heterocycles. The van der Waals surface area contributed by atoms with Gasteiger partial charge in [0.1, 0.15) is 17.0 Å². The van der Waals surface area contributed by atoms with E-state index in [2.05, 4.69) is 15.4 Å². The summed E-state index contributed by atoms with van der Waals surface area (Å²) in [6.07, 6.45) is -2.16. The van der Waals surface area contributed by atoms with Crippen LogP contribution in [0.4, 0.5) is 19.0 Å². The van der Waals surface area contributed by atoms with Crippen molar-refractivity contribution < 1.29 is 13.2 Å². The topological polar surface area (TPSA) is 42.2 Å². The van der Waals surface area contributed by atoms with Crippen LogP contribution in [-0.2, 0) is 0 Å². The van der Waals surface area contributed by atoms with Crippen LogP contribution in [0.3, 0.4) is 0 Å². The van der Waals surface area contributed by atoms with Crippen LogP contribution >= 0.6 is 11.6 Å². The molecule has 8 heteroatoms. The van der Waals surface area contributed by atoms with Gasteiger partial charge in [0.05, 0.1) is 6.20 Å². The number of nitrogens with zero attached hydrogens (tertiary/aromatic N) is 3. The molecule has 2 atom stereocenters. The summed E-state index contributed by atoms with van der Waals surface area (Å²) >= 11 is 6.16. The summed E-state index contributed by atoms with van der Waals surface area (Å²) in [6.45, 7) is 4.89. The van der Waals surface area contributed by atoms with Crippen molar-refractivity contribution in [2.24, 2.45) is 0 Å². The van der Waals surface area contributed by atoms with Crippen LogP contribution in [0, 0.1) is 0 Å². The molecule has 2 unspecified atom stereocenters. The summed E-state index contributed by atoms with van der Waals surface area (Å²) in [4.78, 5) is 4.18. The van der Waals surface area contributed by atoms with E-state index in [1.165, 1.54) is 10.7 Å². The van der Waals surface area contributed by atoms with Crippen LogP contribution in [-0.4, -0.2) is 26.8 Å². The third-order valence-corrected chi connectivity index (χ3v) is 3.76. The summed E-state index contributed by atoms with van der Waals surface area (Å²) in [7, 11) is 0. The van der Waals surface area contributed by atoms with Crippen molar-refractivity contribution in [3.63, 3.8) is 0 Å². The molecule has 0 aliphatic heterocycles. The molecule has 2 heterocycles. The van der Waals surface area contributed by atoms with E-state index in [-0.39, 0.29) is 16.9 Å². The Labute approximate surface area is 125 Å².